The number of carboxylic acid groups (broad SMARTS) is 1. The van der Waals surface area contributed by atoms with Crippen LogP contribution in [0.25, 0.3) is 0 Å². The van der Waals surface area contributed by atoms with Crippen LogP contribution in [0.15, 0.2) is 42.7 Å². The number of carboxylic acids is 1. The summed E-state index contributed by atoms with van der Waals surface area (Å²) in [4.78, 5) is 17.9. The zero-order valence-corrected chi connectivity index (χ0v) is 8.63. The number of H-pyrrole nitrogens is 1. The molecule has 82 valence electrons. The number of imidazole rings is 1. The lowest BCUT2D eigenvalue weighted by molar-refractivity contribution is -0.137. The molecule has 1 atom stereocenters. The van der Waals surface area contributed by atoms with Crippen molar-refractivity contribution in [2.24, 2.45) is 0 Å². The zero-order chi connectivity index (χ0) is 11.4. The Hall–Kier alpha value is -2.10. The summed E-state index contributed by atoms with van der Waals surface area (Å²) in [5.41, 5.74) is 0.958. The average Bonchev–Trinajstić information content (AvgIpc) is 2.80. The van der Waals surface area contributed by atoms with Crippen molar-refractivity contribution in [1.82, 2.24) is 9.97 Å². The average molecular weight is 216 g/mol. The first kappa shape index (κ1) is 10.4. The Balaban J connectivity index is 2.32. The van der Waals surface area contributed by atoms with E-state index in [1.165, 1.54) is 0 Å². The van der Waals surface area contributed by atoms with Gasteiger partial charge >= 0.3 is 5.97 Å². The van der Waals surface area contributed by atoms with Gasteiger partial charge in [0.25, 0.3) is 0 Å². The molecule has 0 saturated heterocycles. The molecule has 0 radical (unpaired) electrons. The largest absolute Gasteiger partial charge is 0.481 e. The van der Waals surface area contributed by atoms with E-state index in [9.17, 15) is 4.79 Å². The molecule has 0 amide bonds. The molecular weight excluding hydrogens is 204 g/mol. The second-order valence-electron chi connectivity index (χ2n) is 3.54. The van der Waals surface area contributed by atoms with Gasteiger partial charge in [-0.1, -0.05) is 30.3 Å². The monoisotopic (exact) mass is 216 g/mol. The van der Waals surface area contributed by atoms with E-state index in [-0.39, 0.29) is 12.3 Å². The molecule has 1 heterocycles. The lowest BCUT2D eigenvalue weighted by Crippen LogP contribution is -2.09. The van der Waals surface area contributed by atoms with Crippen molar-refractivity contribution in [3.63, 3.8) is 0 Å². The van der Waals surface area contributed by atoms with Gasteiger partial charge in [-0.2, -0.15) is 0 Å². The van der Waals surface area contributed by atoms with Gasteiger partial charge in [-0.15, -0.1) is 0 Å². The Labute approximate surface area is 93.0 Å². The summed E-state index contributed by atoms with van der Waals surface area (Å²) in [7, 11) is 0. The molecular formula is C12H12N2O2. The number of benzene rings is 1. The summed E-state index contributed by atoms with van der Waals surface area (Å²) < 4.78 is 0. The van der Waals surface area contributed by atoms with Gasteiger partial charge in [0, 0.05) is 12.4 Å². The highest BCUT2D eigenvalue weighted by atomic mass is 16.4. The summed E-state index contributed by atoms with van der Waals surface area (Å²) in [6.07, 6.45) is 3.37. The second-order valence-corrected chi connectivity index (χ2v) is 3.54. The van der Waals surface area contributed by atoms with Crippen molar-refractivity contribution in [3.05, 3.63) is 54.1 Å². The quantitative estimate of drug-likeness (QED) is 0.821. The van der Waals surface area contributed by atoms with Crippen molar-refractivity contribution < 1.29 is 9.90 Å². The maximum atomic E-state index is 10.8. The van der Waals surface area contributed by atoms with E-state index >= 15 is 0 Å². The Bertz CT molecular complexity index is 451. The maximum Gasteiger partial charge on any atom is 0.304 e. The Kier molecular flexibility index (Phi) is 3.00. The minimum Gasteiger partial charge on any atom is -0.481 e. The standard InChI is InChI=1S/C12H12N2O2/c15-11(16)8-10(12-13-6-7-14-12)9-4-2-1-3-5-9/h1-7,10H,8H2,(H,13,14)(H,15,16). The van der Waals surface area contributed by atoms with E-state index in [0.717, 1.165) is 5.56 Å². The molecule has 2 N–H and O–H groups in total. The first-order valence-electron chi connectivity index (χ1n) is 5.03. The van der Waals surface area contributed by atoms with E-state index in [1.807, 2.05) is 30.3 Å². The van der Waals surface area contributed by atoms with Crippen LogP contribution in [0, 0.1) is 0 Å². The fourth-order valence-electron chi connectivity index (χ4n) is 1.70. The Morgan fingerprint density at radius 1 is 1.38 bits per heavy atom. The molecule has 1 aromatic carbocycles. The third-order valence-electron chi connectivity index (χ3n) is 2.43. The third kappa shape index (κ3) is 2.28. The smallest absolute Gasteiger partial charge is 0.304 e. The number of rotatable bonds is 4. The van der Waals surface area contributed by atoms with Crippen molar-refractivity contribution in [1.29, 1.82) is 0 Å². The molecule has 2 rings (SSSR count). The molecule has 0 aliphatic rings. The maximum absolute atomic E-state index is 10.8. The molecule has 2 aromatic rings. The molecule has 4 nitrogen and oxygen atoms in total. The SMILES string of the molecule is O=C(O)CC(c1ccccc1)c1ncc[nH]1. The lowest BCUT2D eigenvalue weighted by atomic mass is 9.95. The lowest BCUT2D eigenvalue weighted by Gasteiger charge is -2.12. The van der Waals surface area contributed by atoms with Crippen LogP contribution in [0.1, 0.15) is 23.7 Å². The highest BCUT2D eigenvalue weighted by Crippen LogP contribution is 2.24. The fourth-order valence-corrected chi connectivity index (χ4v) is 1.70. The Morgan fingerprint density at radius 2 is 2.12 bits per heavy atom. The van der Waals surface area contributed by atoms with E-state index in [4.69, 9.17) is 5.11 Å². The summed E-state index contributed by atoms with van der Waals surface area (Å²) in [6.45, 7) is 0. The minimum atomic E-state index is -0.828. The van der Waals surface area contributed by atoms with Gasteiger partial charge in [-0.3, -0.25) is 4.79 Å². The molecule has 0 aliphatic heterocycles. The number of hydrogen-bond donors (Lipinski definition) is 2. The number of nitrogens with zero attached hydrogens (tertiary/aromatic N) is 1. The van der Waals surface area contributed by atoms with Gasteiger partial charge in [-0.25, -0.2) is 4.98 Å². The number of aromatic nitrogens is 2. The minimum absolute atomic E-state index is 0.0392. The van der Waals surface area contributed by atoms with Crippen LogP contribution in [0.2, 0.25) is 0 Å². The zero-order valence-electron chi connectivity index (χ0n) is 8.63. The molecule has 0 saturated carbocycles. The van der Waals surface area contributed by atoms with E-state index in [0.29, 0.717) is 5.82 Å². The van der Waals surface area contributed by atoms with Gasteiger partial charge in [0.05, 0.1) is 12.3 Å². The van der Waals surface area contributed by atoms with Crippen molar-refractivity contribution in [3.8, 4) is 0 Å². The summed E-state index contributed by atoms with van der Waals surface area (Å²) in [5.74, 6) is -0.354. The first-order valence-corrected chi connectivity index (χ1v) is 5.03. The molecule has 1 aromatic heterocycles. The molecule has 0 fully saturated rings. The van der Waals surface area contributed by atoms with Crippen LogP contribution < -0.4 is 0 Å². The fraction of sp³-hybridized carbons (Fsp3) is 0.167. The van der Waals surface area contributed by atoms with Crippen LogP contribution in [-0.2, 0) is 4.79 Å². The van der Waals surface area contributed by atoms with Gasteiger partial charge < -0.3 is 10.1 Å². The first-order chi connectivity index (χ1) is 7.77. The predicted molar refractivity (Wildman–Crippen MR) is 59.1 cm³/mol. The van der Waals surface area contributed by atoms with Crippen LogP contribution in [0.5, 0.6) is 0 Å². The molecule has 0 spiro atoms. The second kappa shape index (κ2) is 4.61. The molecule has 4 heteroatoms. The topological polar surface area (TPSA) is 66.0 Å². The van der Waals surface area contributed by atoms with Crippen LogP contribution in [-0.4, -0.2) is 21.0 Å². The summed E-state index contributed by atoms with van der Waals surface area (Å²) in [5, 5.41) is 8.90. The summed E-state index contributed by atoms with van der Waals surface area (Å²) >= 11 is 0. The molecule has 0 aliphatic carbocycles. The highest BCUT2D eigenvalue weighted by Gasteiger charge is 2.19. The third-order valence-corrected chi connectivity index (χ3v) is 2.43. The normalized spacial score (nSPS) is 12.2. The number of nitrogens with one attached hydrogen (secondary N) is 1. The highest BCUT2D eigenvalue weighted by molar-refractivity contribution is 5.68. The van der Waals surface area contributed by atoms with Crippen LogP contribution in [0.4, 0.5) is 0 Å². The van der Waals surface area contributed by atoms with Crippen molar-refractivity contribution in [2.45, 2.75) is 12.3 Å². The summed E-state index contributed by atoms with van der Waals surface area (Å²) in [6, 6.07) is 9.52. The van der Waals surface area contributed by atoms with Crippen LogP contribution in [0.3, 0.4) is 0 Å². The number of aromatic amines is 1. The van der Waals surface area contributed by atoms with E-state index in [1.54, 1.807) is 12.4 Å². The van der Waals surface area contributed by atoms with Gasteiger partial charge in [0.2, 0.25) is 0 Å². The van der Waals surface area contributed by atoms with Crippen molar-refractivity contribution >= 4 is 5.97 Å². The number of carbonyl (C=O) groups is 1. The van der Waals surface area contributed by atoms with Crippen LogP contribution >= 0.6 is 0 Å². The molecule has 1 unspecified atom stereocenters. The van der Waals surface area contributed by atoms with Gasteiger partial charge in [0.15, 0.2) is 0 Å². The predicted octanol–water partition coefficient (Wildman–Crippen LogP) is 2.02. The van der Waals surface area contributed by atoms with Gasteiger partial charge in [-0.05, 0) is 5.56 Å². The Morgan fingerprint density at radius 3 is 2.69 bits per heavy atom. The molecule has 0 bridgehead atoms. The number of aliphatic carboxylic acids is 1. The van der Waals surface area contributed by atoms with E-state index < -0.39 is 5.97 Å². The van der Waals surface area contributed by atoms with E-state index in [2.05, 4.69) is 9.97 Å². The van der Waals surface area contributed by atoms with Gasteiger partial charge in [0.1, 0.15) is 5.82 Å². The number of hydrogen-bond acceptors (Lipinski definition) is 2. The van der Waals surface area contributed by atoms with Crippen molar-refractivity contribution in [2.75, 3.05) is 0 Å². The molecule has 16 heavy (non-hydrogen) atoms.